The first kappa shape index (κ1) is 13.4. The maximum Gasteiger partial charge on any atom is 0.0585 e. The number of rotatable bonds is 3. The minimum Gasteiger partial charge on any atom is -0.393 e. The lowest BCUT2D eigenvalue weighted by Gasteiger charge is -2.35. The van der Waals surface area contributed by atoms with Gasteiger partial charge in [-0.05, 0) is 44.2 Å². The minimum absolute atomic E-state index is 0.117. The van der Waals surface area contributed by atoms with Gasteiger partial charge in [0, 0.05) is 25.2 Å². The second-order valence-corrected chi connectivity index (χ2v) is 5.96. The third-order valence-corrected chi connectivity index (χ3v) is 4.19. The Bertz CT molecular complexity index is 373. The minimum atomic E-state index is -0.117. The van der Waals surface area contributed by atoms with Crippen LogP contribution < -0.4 is 4.90 Å². The topological polar surface area (TPSA) is 23.5 Å². The maximum atomic E-state index is 10.1. The molecule has 0 radical (unpaired) electrons. The lowest BCUT2D eigenvalue weighted by atomic mass is 9.80. The van der Waals surface area contributed by atoms with Gasteiger partial charge in [0.05, 0.1) is 6.10 Å². The Morgan fingerprint density at radius 2 is 1.89 bits per heavy atom. The Labute approximate surface area is 111 Å². The van der Waals surface area contributed by atoms with E-state index in [1.54, 1.807) is 0 Å². The molecule has 0 amide bonds. The zero-order chi connectivity index (χ0) is 13.1. The molecule has 1 aromatic rings. The summed E-state index contributed by atoms with van der Waals surface area (Å²) in [5.74, 6) is 1.17. The molecule has 3 unspecified atom stereocenters. The highest BCUT2D eigenvalue weighted by Gasteiger charge is 2.27. The molecule has 0 aliphatic heterocycles. The second kappa shape index (κ2) is 5.75. The van der Waals surface area contributed by atoms with E-state index in [0.717, 1.165) is 25.3 Å². The van der Waals surface area contributed by atoms with Gasteiger partial charge in [0.25, 0.3) is 0 Å². The first-order valence-electron chi connectivity index (χ1n) is 7.02. The molecule has 0 spiro atoms. The number of aliphatic hydroxyl groups excluding tert-OH is 1. The van der Waals surface area contributed by atoms with Crippen molar-refractivity contribution in [2.75, 3.05) is 18.5 Å². The van der Waals surface area contributed by atoms with Crippen molar-refractivity contribution in [2.24, 2.45) is 11.8 Å². The number of benzene rings is 1. The molecule has 0 aromatic heterocycles. The van der Waals surface area contributed by atoms with Gasteiger partial charge in [-0.15, -0.1) is 0 Å². The van der Waals surface area contributed by atoms with E-state index in [1.165, 1.54) is 17.7 Å². The fourth-order valence-electron chi connectivity index (χ4n) is 2.94. The molecule has 1 fully saturated rings. The molecular formula is C16H25NO. The highest BCUT2D eigenvalue weighted by atomic mass is 16.3. The van der Waals surface area contributed by atoms with Gasteiger partial charge in [-0.2, -0.15) is 0 Å². The summed E-state index contributed by atoms with van der Waals surface area (Å²) in [7, 11) is 2.12. The van der Waals surface area contributed by atoms with Crippen molar-refractivity contribution in [1.82, 2.24) is 0 Å². The number of hydrogen-bond acceptors (Lipinski definition) is 2. The highest BCUT2D eigenvalue weighted by Crippen LogP contribution is 2.30. The molecule has 1 aliphatic carbocycles. The Hall–Kier alpha value is -1.02. The highest BCUT2D eigenvalue weighted by molar-refractivity contribution is 5.46. The van der Waals surface area contributed by atoms with Crippen molar-refractivity contribution in [2.45, 2.75) is 39.2 Å². The predicted octanol–water partition coefficient (Wildman–Crippen LogP) is 3.23. The van der Waals surface area contributed by atoms with E-state index < -0.39 is 0 Å². The molecule has 2 nitrogen and oxygen atoms in total. The molecule has 2 rings (SSSR count). The summed E-state index contributed by atoms with van der Waals surface area (Å²) in [6.07, 6.45) is 3.17. The largest absolute Gasteiger partial charge is 0.393 e. The molecule has 1 saturated carbocycles. The monoisotopic (exact) mass is 247 g/mol. The van der Waals surface area contributed by atoms with E-state index in [0.29, 0.717) is 5.92 Å². The van der Waals surface area contributed by atoms with Crippen LogP contribution in [0.25, 0.3) is 0 Å². The average Bonchev–Trinajstić information content (AvgIpc) is 2.34. The van der Waals surface area contributed by atoms with E-state index in [1.807, 2.05) is 0 Å². The van der Waals surface area contributed by atoms with E-state index >= 15 is 0 Å². The van der Waals surface area contributed by atoms with Crippen LogP contribution in [0.4, 0.5) is 5.69 Å². The average molecular weight is 247 g/mol. The number of aliphatic hydroxyl groups is 1. The lowest BCUT2D eigenvalue weighted by molar-refractivity contribution is 0.0556. The molecule has 0 saturated heterocycles. The zero-order valence-electron chi connectivity index (χ0n) is 11.8. The van der Waals surface area contributed by atoms with Gasteiger partial charge in [0.1, 0.15) is 0 Å². The van der Waals surface area contributed by atoms with Crippen LogP contribution in [0.2, 0.25) is 0 Å². The van der Waals surface area contributed by atoms with Crippen LogP contribution in [-0.4, -0.2) is 24.8 Å². The van der Waals surface area contributed by atoms with Gasteiger partial charge in [0.2, 0.25) is 0 Å². The van der Waals surface area contributed by atoms with Crippen LogP contribution in [0.5, 0.6) is 0 Å². The third-order valence-electron chi connectivity index (χ3n) is 4.19. The molecule has 2 heteroatoms. The Kier molecular flexibility index (Phi) is 4.28. The number of anilines is 1. The SMILES string of the molecule is Cc1ccc(N(C)CC2CC(C)CCC2O)cc1. The van der Waals surface area contributed by atoms with Crippen molar-refractivity contribution in [3.63, 3.8) is 0 Å². The standard InChI is InChI=1S/C16H25NO/c1-12-4-7-15(8-5-12)17(3)11-14-10-13(2)6-9-16(14)18/h4-5,7-8,13-14,16,18H,6,9-11H2,1-3H3. The summed E-state index contributed by atoms with van der Waals surface area (Å²) in [6.45, 7) is 5.36. The summed E-state index contributed by atoms with van der Waals surface area (Å²) in [5.41, 5.74) is 2.53. The molecule has 1 aromatic carbocycles. The van der Waals surface area contributed by atoms with Gasteiger partial charge >= 0.3 is 0 Å². The van der Waals surface area contributed by atoms with Crippen LogP contribution >= 0.6 is 0 Å². The van der Waals surface area contributed by atoms with Gasteiger partial charge < -0.3 is 10.0 Å². The fourth-order valence-corrected chi connectivity index (χ4v) is 2.94. The quantitative estimate of drug-likeness (QED) is 0.886. The Morgan fingerprint density at radius 1 is 1.22 bits per heavy atom. The number of nitrogens with zero attached hydrogens (tertiary/aromatic N) is 1. The predicted molar refractivity (Wildman–Crippen MR) is 77.0 cm³/mol. The molecule has 18 heavy (non-hydrogen) atoms. The molecular weight excluding hydrogens is 222 g/mol. The van der Waals surface area contributed by atoms with Crippen molar-refractivity contribution in [3.05, 3.63) is 29.8 Å². The lowest BCUT2D eigenvalue weighted by Crippen LogP contribution is -2.37. The van der Waals surface area contributed by atoms with Crippen molar-refractivity contribution in [3.8, 4) is 0 Å². The first-order chi connectivity index (χ1) is 8.56. The summed E-state index contributed by atoms with van der Waals surface area (Å²) in [6, 6.07) is 8.61. The van der Waals surface area contributed by atoms with Crippen LogP contribution in [-0.2, 0) is 0 Å². The number of aryl methyl sites for hydroxylation is 1. The number of hydrogen-bond donors (Lipinski definition) is 1. The van der Waals surface area contributed by atoms with Gasteiger partial charge in [-0.25, -0.2) is 0 Å². The summed E-state index contributed by atoms with van der Waals surface area (Å²) in [5, 5.41) is 10.1. The summed E-state index contributed by atoms with van der Waals surface area (Å²) >= 11 is 0. The molecule has 100 valence electrons. The normalized spacial score (nSPS) is 28.1. The first-order valence-corrected chi connectivity index (χ1v) is 7.02. The zero-order valence-corrected chi connectivity index (χ0v) is 11.8. The van der Waals surface area contributed by atoms with Crippen LogP contribution in [0, 0.1) is 18.8 Å². The van der Waals surface area contributed by atoms with E-state index in [4.69, 9.17) is 0 Å². The van der Waals surface area contributed by atoms with Crippen molar-refractivity contribution in [1.29, 1.82) is 0 Å². The van der Waals surface area contributed by atoms with Gasteiger partial charge in [-0.3, -0.25) is 0 Å². The van der Waals surface area contributed by atoms with Gasteiger partial charge in [0.15, 0.2) is 0 Å². The maximum absolute atomic E-state index is 10.1. The molecule has 1 N–H and O–H groups in total. The van der Waals surface area contributed by atoms with E-state index in [9.17, 15) is 5.11 Å². The molecule has 3 atom stereocenters. The molecule has 0 bridgehead atoms. The smallest absolute Gasteiger partial charge is 0.0585 e. The van der Waals surface area contributed by atoms with Crippen LogP contribution in [0.15, 0.2) is 24.3 Å². The Balaban J connectivity index is 1.97. The summed E-state index contributed by atoms with van der Waals surface area (Å²) < 4.78 is 0. The molecule has 1 aliphatic rings. The van der Waals surface area contributed by atoms with Crippen LogP contribution in [0.1, 0.15) is 31.7 Å². The van der Waals surface area contributed by atoms with E-state index in [-0.39, 0.29) is 6.10 Å². The molecule has 0 heterocycles. The summed E-state index contributed by atoms with van der Waals surface area (Å²) in [4.78, 5) is 2.27. The van der Waals surface area contributed by atoms with Gasteiger partial charge in [-0.1, -0.05) is 24.6 Å². The second-order valence-electron chi connectivity index (χ2n) is 5.96. The fraction of sp³-hybridized carbons (Fsp3) is 0.625. The third kappa shape index (κ3) is 3.26. The Morgan fingerprint density at radius 3 is 2.56 bits per heavy atom. The van der Waals surface area contributed by atoms with E-state index in [2.05, 4.69) is 50.1 Å². The van der Waals surface area contributed by atoms with Crippen molar-refractivity contribution < 1.29 is 5.11 Å². The van der Waals surface area contributed by atoms with Crippen LogP contribution in [0.3, 0.4) is 0 Å². The van der Waals surface area contributed by atoms with Crippen molar-refractivity contribution >= 4 is 5.69 Å².